The van der Waals surface area contributed by atoms with Crippen LogP contribution < -0.4 is 14.8 Å². The molecule has 2 aromatic carbocycles. The smallest absolute Gasteiger partial charge is 0.243 e. The van der Waals surface area contributed by atoms with Gasteiger partial charge in [-0.3, -0.25) is 0 Å². The fraction of sp³-hybridized carbons (Fsp3) is 0.278. The lowest BCUT2D eigenvalue weighted by Gasteiger charge is -2.31. The summed E-state index contributed by atoms with van der Waals surface area (Å²) < 4.78 is 26.7. The van der Waals surface area contributed by atoms with Gasteiger partial charge in [0.15, 0.2) is 11.5 Å². The van der Waals surface area contributed by atoms with Crippen LogP contribution in [0.1, 0.15) is 29.6 Å². The molecule has 0 amide bonds. The standard InChI is InChI=1S/C18H18FN5O2/c1-25-16-8-7-11(9-17(16)26-2)14-10-15(12-5-3-4-6-13(12)19)24-18(20-14)21-22-23-24/h3-9,14-15H,10H2,1-2H3,(H,20,21,23)/t14-,15+/m1/s1. The number of nitrogens with zero attached hydrogens (tertiary/aromatic N) is 4. The zero-order valence-electron chi connectivity index (χ0n) is 14.4. The van der Waals surface area contributed by atoms with Crippen molar-refractivity contribution in [3.05, 3.63) is 59.4 Å². The molecule has 1 aromatic heterocycles. The molecule has 0 aliphatic carbocycles. The van der Waals surface area contributed by atoms with Crippen molar-refractivity contribution in [1.29, 1.82) is 0 Å². The number of fused-ring (bicyclic) bond motifs is 1. The van der Waals surface area contributed by atoms with Crippen LogP contribution in [0.3, 0.4) is 0 Å². The van der Waals surface area contributed by atoms with Gasteiger partial charge in [0.1, 0.15) is 5.82 Å². The molecule has 0 radical (unpaired) electrons. The summed E-state index contributed by atoms with van der Waals surface area (Å²) in [5.74, 6) is 1.53. The molecule has 1 aliphatic heterocycles. The third kappa shape index (κ3) is 2.73. The largest absolute Gasteiger partial charge is 0.493 e. The van der Waals surface area contributed by atoms with Crippen molar-refractivity contribution >= 4 is 5.95 Å². The van der Waals surface area contributed by atoms with Crippen LogP contribution in [0.15, 0.2) is 42.5 Å². The van der Waals surface area contributed by atoms with Crippen LogP contribution in [0.4, 0.5) is 10.3 Å². The van der Waals surface area contributed by atoms with Crippen LogP contribution in [0, 0.1) is 5.82 Å². The molecule has 0 unspecified atom stereocenters. The van der Waals surface area contributed by atoms with Gasteiger partial charge in [-0.1, -0.05) is 29.4 Å². The molecular formula is C18H18FN5O2. The Morgan fingerprint density at radius 1 is 1.12 bits per heavy atom. The van der Waals surface area contributed by atoms with Crippen molar-refractivity contribution in [2.24, 2.45) is 0 Å². The molecule has 2 atom stereocenters. The molecule has 0 spiro atoms. The van der Waals surface area contributed by atoms with Crippen molar-refractivity contribution in [2.45, 2.75) is 18.5 Å². The normalized spacial score (nSPS) is 18.7. The predicted molar refractivity (Wildman–Crippen MR) is 92.9 cm³/mol. The molecule has 134 valence electrons. The molecule has 7 nitrogen and oxygen atoms in total. The summed E-state index contributed by atoms with van der Waals surface area (Å²) in [6.45, 7) is 0. The molecule has 26 heavy (non-hydrogen) atoms. The summed E-state index contributed by atoms with van der Waals surface area (Å²) in [6, 6.07) is 12.0. The Kier molecular flexibility index (Phi) is 4.16. The van der Waals surface area contributed by atoms with Crippen LogP contribution in [-0.4, -0.2) is 34.4 Å². The highest BCUT2D eigenvalue weighted by Crippen LogP contribution is 2.39. The maximum atomic E-state index is 14.4. The molecule has 0 bridgehead atoms. The first-order valence-electron chi connectivity index (χ1n) is 8.22. The van der Waals surface area contributed by atoms with E-state index in [0.717, 1.165) is 5.56 Å². The molecule has 2 heterocycles. The number of tetrazole rings is 1. The summed E-state index contributed by atoms with van der Waals surface area (Å²) in [6.07, 6.45) is 0.592. The lowest BCUT2D eigenvalue weighted by molar-refractivity contribution is 0.353. The molecule has 4 rings (SSSR count). The second-order valence-corrected chi connectivity index (χ2v) is 6.03. The number of hydrogen-bond acceptors (Lipinski definition) is 6. The van der Waals surface area contributed by atoms with Gasteiger partial charge in [-0.25, -0.2) is 9.07 Å². The Balaban J connectivity index is 1.73. The Morgan fingerprint density at radius 3 is 2.69 bits per heavy atom. The summed E-state index contributed by atoms with van der Waals surface area (Å²) in [5, 5.41) is 15.1. The van der Waals surface area contributed by atoms with Crippen LogP contribution in [-0.2, 0) is 0 Å². The molecule has 1 aliphatic rings. The van der Waals surface area contributed by atoms with E-state index in [4.69, 9.17) is 9.47 Å². The number of methoxy groups -OCH3 is 2. The summed E-state index contributed by atoms with van der Waals surface area (Å²) >= 11 is 0. The van der Waals surface area contributed by atoms with Crippen LogP contribution >= 0.6 is 0 Å². The minimum Gasteiger partial charge on any atom is -0.493 e. The Hall–Kier alpha value is -3.16. The quantitative estimate of drug-likeness (QED) is 0.776. The Labute approximate surface area is 149 Å². The summed E-state index contributed by atoms with van der Waals surface area (Å²) in [7, 11) is 3.19. The highest BCUT2D eigenvalue weighted by atomic mass is 19.1. The van der Waals surface area contributed by atoms with E-state index in [0.29, 0.717) is 29.4 Å². The highest BCUT2D eigenvalue weighted by molar-refractivity contribution is 5.46. The molecule has 0 saturated carbocycles. The van der Waals surface area contributed by atoms with Gasteiger partial charge in [-0.15, -0.1) is 0 Å². The molecule has 0 saturated heterocycles. The summed E-state index contributed by atoms with van der Waals surface area (Å²) in [4.78, 5) is 0. The van der Waals surface area contributed by atoms with E-state index in [1.165, 1.54) is 6.07 Å². The van der Waals surface area contributed by atoms with Gasteiger partial charge >= 0.3 is 0 Å². The van der Waals surface area contributed by atoms with Gasteiger partial charge in [0.2, 0.25) is 5.95 Å². The second-order valence-electron chi connectivity index (χ2n) is 6.03. The fourth-order valence-corrected chi connectivity index (χ4v) is 3.33. The highest BCUT2D eigenvalue weighted by Gasteiger charge is 2.32. The first-order valence-corrected chi connectivity index (χ1v) is 8.22. The number of nitrogens with one attached hydrogen (secondary N) is 1. The van der Waals surface area contributed by atoms with E-state index >= 15 is 0 Å². The number of rotatable bonds is 4. The number of benzene rings is 2. The topological polar surface area (TPSA) is 74.1 Å². The van der Waals surface area contributed by atoms with E-state index in [-0.39, 0.29) is 17.9 Å². The number of hydrogen-bond donors (Lipinski definition) is 1. The van der Waals surface area contributed by atoms with E-state index in [1.54, 1.807) is 31.0 Å². The van der Waals surface area contributed by atoms with E-state index < -0.39 is 0 Å². The van der Waals surface area contributed by atoms with Gasteiger partial charge < -0.3 is 14.8 Å². The summed E-state index contributed by atoms with van der Waals surface area (Å²) in [5.41, 5.74) is 1.55. The van der Waals surface area contributed by atoms with Crippen LogP contribution in [0.2, 0.25) is 0 Å². The first kappa shape index (κ1) is 16.3. The van der Waals surface area contributed by atoms with Crippen molar-refractivity contribution < 1.29 is 13.9 Å². The Morgan fingerprint density at radius 2 is 1.92 bits per heavy atom. The third-order valence-electron chi connectivity index (χ3n) is 4.62. The Bertz CT molecular complexity index is 929. The first-order chi connectivity index (χ1) is 12.7. The lowest BCUT2D eigenvalue weighted by Crippen LogP contribution is -2.28. The average molecular weight is 355 g/mol. The van der Waals surface area contributed by atoms with Gasteiger partial charge in [0.25, 0.3) is 0 Å². The van der Waals surface area contributed by atoms with E-state index in [2.05, 4.69) is 20.8 Å². The predicted octanol–water partition coefficient (Wildman–Crippen LogP) is 2.98. The molecule has 3 aromatic rings. The van der Waals surface area contributed by atoms with Crippen molar-refractivity contribution in [3.63, 3.8) is 0 Å². The van der Waals surface area contributed by atoms with Crippen LogP contribution in [0.25, 0.3) is 0 Å². The fourth-order valence-electron chi connectivity index (χ4n) is 3.33. The number of ether oxygens (including phenoxy) is 2. The van der Waals surface area contributed by atoms with Gasteiger partial charge in [0.05, 0.1) is 26.3 Å². The maximum absolute atomic E-state index is 14.4. The molecule has 0 fully saturated rings. The average Bonchev–Trinajstić information content (AvgIpc) is 3.16. The number of halogens is 1. The van der Waals surface area contributed by atoms with Crippen LogP contribution in [0.5, 0.6) is 11.5 Å². The maximum Gasteiger partial charge on any atom is 0.243 e. The monoisotopic (exact) mass is 355 g/mol. The van der Waals surface area contributed by atoms with Gasteiger partial charge in [-0.2, -0.15) is 0 Å². The number of aromatic nitrogens is 4. The SMILES string of the molecule is COc1ccc([C@H]2C[C@@H](c3ccccc3F)n3nnnc3N2)cc1OC. The number of anilines is 1. The van der Waals surface area contributed by atoms with Gasteiger partial charge in [-0.05, 0) is 40.6 Å². The zero-order chi connectivity index (χ0) is 18.1. The molecular weight excluding hydrogens is 337 g/mol. The van der Waals surface area contributed by atoms with Crippen molar-refractivity contribution in [1.82, 2.24) is 20.2 Å². The van der Waals surface area contributed by atoms with Gasteiger partial charge in [0, 0.05) is 5.56 Å². The minimum absolute atomic E-state index is 0.0992. The van der Waals surface area contributed by atoms with Crippen molar-refractivity contribution in [3.8, 4) is 11.5 Å². The van der Waals surface area contributed by atoms with E-state index in [9.17, 15) is 4.39 Å². The lowest BCUT2D eigenvalue weighted by atomic mass is 9.93. The second kappa shape index (κ2) is 6.62. The van der Waals surface area contributed by atoms with E-state index in [1.807, 2.05) is 24.3 Å². The third-order valence-corrected chi connectivity index (χ3v) is 4.62. The van der Waals surface area contributed by atoms with Crippen molar-refractivity contribution in [2.75, 3.05) is 19.5 Å². The zero-order valence-corrected chi connectivity index (χ0v) is 14.4. The molecule has 1 N–H and O–H groups in total. The molecule has 8 heteroatoms. The minimum atomic E-state index is -0.305.